The molecular weight excluding hydrogens is 252 g/mol. The van der Waals surface area contributed by atoms with Gasteiger partial charge in [-0.3, -0.25) is 0 Å². The first-order valence-corrected chi connectivity index (χ1v) is 6.46. The molecule has 2 N–H and O–H groups in total. The average molecular weight is 272 g/mol. The largest absolute Gasteiger partial charge is 0.497 e. The summed E-state index contributed by atoms with van der Waals surface area (Å²) in [5, 5.41) is 0. The van der Waals surface area contributed by atoms with E-state index in [1.807, 2.05) is 61.5 Å². The molecule has 0 aliphatic carbocycles. The third-order valence-corrected chi connectivity index (χ3v) is 3.06. The summed E-state index contributed by atoms with van der Waals surface area (Å²) >= 11 is 0. The van der Waals surface area contributed by atoms with Crippen molar-refractivity contribution in [2.75, 3.05) is 26.1 Å². The van der Waals surface area contributed by atoms with Crippen LogP contribution in [0.25, 0.3) is 0 Å². The molecule has 0 aliphatic heterocycles. The van der Waals surface area contributed by atoms with Gasteiger partial charge in [-0.1, -0.05) is 12.1 Å². The van der Waals surface area contributed by atoms with Gasteiger partial charge in [0.15, 0.2) is 0 Å². The molecule has 2 rings (SSSR count). The van der Waals surface area contributed by atoms with E-state index in [1.54, 1.807) is 7.11 Å². The number of ether oxygens (including phenoxy) is 2. The molecule has 0 aromatic heterocycles. The minimum atomic E-state index is 0.423. The van der Waals surface area contributed by atoms with Gasteiger partial charge in [-0.25, -0.2) is 0 Å². The molecule has 0 saturated heterocycles. The maximum atomic E-state index is 5.95. The van der Waals surface area contributed by atoms with Gasteiger partial charge in [0.05, 0.1) is 7.11 Å². The lowest BCUT2D eigenvalue weighted by Crippen LogP contribution is -2.08. The Morgan fingerprint density at radius 1 is 1.05 bits per heavy atom. The minimum Gasteiger partial charge on any atom is -0.497 e. The summed E-state index contributed by atoms with van der Waals surface area (Å²) in [5.74, 6) is 2.25. The summed E-state index contributed by atoms with van der Waals surface area (Å²) in [5.41, 5.74) is 7.77. The Bertz CT molecular complexity index is 582. The molecule has 0 aliphatic rings. The molecule has 0 amide bonds. The van der Waals surface area contributed by atoms with E-state index in [-0.39, 0.29) is 0 Å². The Kier molecular flexibility index (Phi) is 4.48. The van der Waals surface area contributed by atoms with Crippen molar-refractivity contribution in [3.63, 3.8) is 0 Å². The van der Waals surface area contributed by atoms with Crippen molar-refractivity contribution >= 4 is 5.69 Å². The van der Waals surface area contributed by atoms with Gasteiger partial charge in [0.2, 0.25) is 0 Å². The van der Waals surface area contributed by atoms with Gasteiger partial charge in [-0.15, -0.1) is 0 Å². The van der Waals surface area contributed by atoms with Crippen LogP contribution in [0.5, 0.6) is 17.2 Å². The molecule has 0 unspecified atom stereocenters. The Balaban J connectivity index is 2.31. The number of anilines is 1. The van der Waals surface area contributed by atoms with E-state index >= 15 is 0 Å². The first kappa shape index (κ1) is 14.2. The Labute approximate surface area is 119 Å². The van der Waals surface area contributed by atoms with Crippen LogP contribution in [0.4, 0.5) is 5.69 Å². The van der Waals surface area contributed by atoms with Crippen molar-refractivity contribution in [3.05, 3.63) is 48.0 Å². The van der Waals surface area contributed by atoms with Crippen molar-refractivity contribution in [1.29, 1.82) is 0 Å². The summed E-state index contributed by atoms with van der Waals surface area (Å²) in [7, 11) is 5.62. The van der Waals surface area contributed by atoms with Gasteiger partial charge in [-0.2, -0.15) is 0 Å². The molecule has 0 heterocycles. The Morgan fingerprint density at radius 3 is 2.50 bits per heavy atom. The van der Waals surface area contributed by atoms with Gasteiger partial charge < -0.3 is 20.1 Å². The fraction of sp³-hybridized carbons (Fsp3) is 0.250. The predicted molar refractivity (Wildman–Crippen MR) is 81.7 cm³/mol. The molecule has 0 atom stereocenters. The Morgan fingerprint density at radius 2 is 1.85 bits per heavy atom. The van der Waals surface area contributed by atoms with Crippen LogP contribution in [0.15, 0.2) is 42.5 Å². The zero-order chi connectivity index (χ0) is 14.5. The zero-order valence-corrected chi connectivity index (χ0v) is 12.1. The summed E-state index contributed by atoms with van der Waals surface area (Å²) in [6, 6.07) is 13.6. The van der Waals surface area contributed by atoms with Gasteiger partial charge >= 0.3 is 0 Å². The normalized spacial score (nSPS) is 10.2. The van der Waals surface area contributed by atoms with Crippen LogP contribution in [0.3, 0.4) is 0 Å². The standard InChI is InChI=1S/C16H20N2O2/c1-18(2)13-5-4-6-15(9-13)20-16-10-14(19-3)8-7-12(16)11-17/h4-10H,11,17H2,1-3H3. The number of nitrogens with zero attached hydrogens (tertiary/aromatic N) is 1. The van der Waals surface area contributed by atoms with E-state index < -0.39 is 0 Å². The number of hydrogen-bond acceptors (Lipinski definition) is 4. The maximum Gasteiger partial charge on any atom is 0.135 e. The maximum absolute atomic E-state index is 5.95. The van der Waals surface area contributed by atoms with Crippen LogP contribution in [-0.2, 0) is 6.54 Å². The third kappa shape index (κ3) is 3.22. The smallest absolute Gasteiger partial charge is 0.135 e. The molecule has 0 spiro atoms. The highest BCUT2D eigenvalue weighted by Crippen LogP contribution is 2.30. The lowest BCUT2D eigenvalue weighted by molar-refractivity contribution is 0.408. The van der Waals surface area contributed by atoms with Crippen LogP contribution in [-0.4, -0.2) is 21.2 Å². The van der Waals surface area contributed by atoms with Crippen LogP contribution < -0.4 is 20.1 Å². The lowest BCUT2D eigenvalue weighted by Gasteiger charge is -2.15. The summed E-state index contributed by atoms with van der Waals surface area (Å²) < 4.78 is 11.2. The van der Waals surface area contributed by atoms with E-state index in [4.69, 9.17) is 15.2 Å². The molecule has 20 heavy (non-hydrogen) atoms. The minimum absolute atomic E-state index is 0.423. The van der Waals surface area contributed by atoms with Crippen LogP contribution in [0, 0.1) is 0 Å². The first-order chi connectivity index (χ1) is 9.63. The van der Waals surface area contributed by atoms with Gasteiger partial charge in [-0.05, 0) is 18.2 Å². The van der Waals surface area contributed by atoms with Crippen LogP contribution >= 0.6 is 0 Å². The summed E-state index contributed by atoms with van der Waals surface area (Å²) in [6.07, 6.45) is 0. The second-order valence-corrected chi connectivity index (χ2v) is 4.67. The van der Waals surface area contributed by atoms with Gasteiger partial charge in [0.25, 0.3) is 0 Å². The number of benzene rings is 2. The number of nitrogens with two attached hydrogens (primary N) is 1. The van der Waals surface area contributed by atoms with Gasteiger partial charge in [0.1, 0.15) is 17.2 Å². The molecule has 4 heteroatoms. The van der Waals surface area contributed by atoms with E-state index in [1.165, 1.54) is 0 Å². The van der Waals surface area contributed by atoms with Crippen molar-refractivity contribution in [1.82, 2.24) is 0 Å². The fourth-order valence-corrected chi connectivity index (χ4v) is 1.88. The second kappa shape index (κ2) is 6.30. The molecule has 2 aromatic carbocycles. The van der Waals surface area contributed by atoms with E-state index in [0.717, 1.165) is 28.5 Å². The van der Waals surface area contributed by atoms with E-state index in [0.29, 0.717) is 6.54 Å². The molecule has 0 bridgehead atoms. The van der Waals surface area contributed by atoms with Gasteiger partial charge in [0, 0.05) is 44.0 Å². The molecule has 2 aromatic rings. The molecule has 4 nitrogen and oxygen atoms in total. The summed E-state index contributed by atoms with van der Waals surface area (Å²) in [4.78, 5) is 2.03. The lowest BCUT2D eigenvalue weighted by atomic mass is 10.2. The second-order valence-electron chi connectivity index (χ2n) is 4.67. The Hall–Kier alpha value is -2.20. The monoisotopic (exact) mass is 272 g/mol. The van der Waals surface area contributed by atoms with Crippen molar-refractivity contribution < 1.29 is 9.47 Å². The molecule has 0 fully saturated rings. The highest BCUT2D eigenvalue weighted by Gasteiger charge is 2.07. The highest BCUT2D eigenvalue weighted by atomic mass is 16.5. The molecule has 0 saturated carbocycles. The van der Waals surface area contributed by atoms with Crippen molar-refractivity contribution in [2.24, 2.45) is 5.73 Å². The highest BCUT2D eigenvalue weighted by molar-refractivity contribution is 5.51. The third-order valence-electron chi connectivity index (χ3n) is 3.06. The fourth-order valence-electron chi connectivity index (χ4n) is 1.88. The summed E-state index contributed by atoms with van der Waals surface area (Å²) in [6.45, 7) is 0.423. The molecular formula is C16H20N2O2. The predicted octanol–water partition coefficient (Wildman–Crippen LogP) is 3.01. The average Bonchev–Trinajstić information content (AvgIpc) is 2.47. The zero-order valence-electron chi connectivity index (χ0n) is 12.1. The number of rotatable bonds is 5. The van der Waals surface area contributed by atoms with E-state index in [2.05, 4.69) is 0 Å². The number of hydrogen-bond donors (Lipinski definition) is 1. The first-order valence-electron chi connectivity index (χ1n) is 6.46. The quantitative estimate of drug-likeness (QED) is 0.909. The molecule has 0 radical (unpaired) electrons. The topological polar surface area (TPSA) is 47.7 Å². The SMILES string of the molecule is COc1ccc(CN)c(Oc2cccc(N(C)C)c2)c1. The van der Waals surface area contributed by atoms with E-state index in [9.17, 15) is 0 Å². The van der Waals surface area contributed by atoms with Crippen LogP contribution in [0.1, 0.15) is 5.56 Å². The number of methoxy groups -OCH3 is 1. The van der Waals surface area contributed by atoms with Crippen LogP contribution in [0.2, 0.25) is 0 Å². The molecule has 106 valence electrons. The van der Waals surface area contributed by atoms with Crippen molar-refractivity contribution in [2.45, 2.75) is 6.54 Å². The van der Waals surface area contributed by atoms with Crippen molar-refractivity contribution in [3.8, 4) is 17.2 Å².